The molecule has 0 atom stereocenters. The van der Waals surface area contributed by atoms with E-state index in [4.69, 9.17) is 4.74 Å². The lowest BCUT2D eigenvalue weighted by Crippen LogP contribution is -2.40. The van der Waals surface area contributed by atoms with Crippen LogP contribution in [0, 0.1) is 0 Å². The highest BCUT2D eigenvalue weighted by Crippen LogP contribution is 2.29. The number of carbonyl (C=O) groups excluding carboxylic acids is 2. The summed E-state index contributed by atoms with van der Waals surface area (Å²) in [5.74, 6) is -1.56. The van der Waals surface area contributed by atoms with Gasteiger partial charge in [-0.25, -0.2) is 18.0 Å². The first kappa shape index (κ1) is 15.2. The van der Waals surface area contributed by atoms with E-state index in [9.17, 15) is 18.0 Å². The fourth-order valence-electron chi connectivity index (χ4n) is 2.83. The van der Waals surface area contributed by atoms with Gasteiger partial charge >= 0.3 is 11.9 Å². The SMILES string of the molecule is O=C1OC(=O)c2c1cnc1ccc(S(=O)(=O)N3CCOCC3)cc21. The number of cyclic esters (lactones) is 2. The molecule has 0 spiro atoms. The Kier molecular flexibility index (Phi) is 3.37. The molecule has 4 rings (SSSR count). The first-order valence-electron chi connectivity index (χ1n) is 7.25. The largest absolute Gasteiger partial charge is 0.386 e. The second-order valence-corrected chi connectivity index (χ2v) is 7.36. The molecule has 1 fully saturated rings. The summed E-state index contributed by atoms with van der Waals surface area (Å²) in [4.78, 5) is 27.7. The average molecular weight is 348 g/mol. The van der Waals surface area contributed by atoms with Crippen LogP contribution in [0.3, 0.4) is 0 Å². The maximum Gasteiger partial charge on any atom is 0.348 e. The highest BCUT2D eigenvalue weighted by atomic mass is 32.2. The highest BCUT2D eigenvalue weighted by Gasteiger charge is 2.33. The van der Waals surface area contributed by atoms with Gasteiger partial charge in [0.1, 0.15) is 0 Å². The van der Waals surface area contributed by atoms with Crippen molar-refractivity contribution in [3.05, 3.63) is 35.5 Å². The Balaban J connectivity index is 1.88. The van der Waals surface area contributed by atoms with Crippen molar-refractivity contribution in [2.24, 2.45) is 0 Å². The van der Waals surface area contributed by atoms with E-state index in [2.05, 4.69) is 9.72 Å². The van der Waals surface area contributed by atoms with E-state index >= 15 is 0 Å². The number of hydrogen-bond donors (Lipinski definition) is 0. The smallest absolute Gasteiger partial charge is 0.348 e. The second-order valence-electron chi connectivity index (χ2n) is 5.42. The number of morpholine rings is 1. The summed E-state index contributed by atoms with van der Waals surface area (Å²) in [6.07, 6.45) is 1.26. The lowest BCUT2D eigenvalue weighted by molar-refractivity contribution is 0.0444. The van der Waals surface area contributed by atoms with E-state index in [1.807, 2.05) is 0 Å². The number of rotatable bonds is 2. The summed E-state index contributed by atoms with van der Waals surface area (Å²) in [6, 6.07) is 4.32. The molecule has 124 valence electrons. The molecule has 24 heavy (non-hydrogen) atoms. The van der Waals surface area contributed by atoms with Gasteiger partial charge in [-0.1, -0.05) is 0 Å². The maximum absolute atomic E-state index is 12.7. The van der Waals surface area contributed by atoms with Crippen molar-refractivity contribution in [3.8, 4) is 0 Å². The van der Waals surface area contributed by atoms with Crippen molar-refractivity contribution in [2.75, 3.05) is 26.3 Å². The summed E-state index contributed by atoms with van der Waals surface area (Å²) in [5.41, 5.74) is 0.527. The molecule has 2 aliphatic heterocycles. The Morgan fingerprint density at radius 3 is 2.58 bits per heavy atom. The molecule has 0 N–H and O–H groups in total. The summed E-state index contributed by atoms with van der Waals surface area (Å²) in [7, 11) is -3.71. The molecule has 1 aromatic carbocycles. The lowest BCUT2D eigenvalue weighted by Gasteiger charge is -2.26. The average Bonchev–Trinajstić information content (AvgIpc) is 2.89. The molecule has 0 aliphatic carbocycles. The van der Waals surface area contributed by atoms with Crippen molar-refractivity contribution >= 4 is 32.9 Å². The first-order chi connectivity index (χ1) is 11.5. The zero-order chi connectivity index (χ0) is 16.9. The van der Waals surface area contributed by atoms with Crippen molar-refractivity contribution in [3.63, 3.8) is 0 Å². The van der Waals surface area contributed by atoms with E-state index in [0.29, 0.717) is 18.7 Å². The molecule has 1 saturated heterocycles. The zero-order valence-corrected chi connectivity index (χ0v) is 13.2. The van der Waals surface area contributed by atoms with E-state index in [0.717, 1.165) is 0 Å². The Labute approximate surface area is 137 Å². The van der Waals surface area contributed by atoms with E-state index in [1.54, 1.807) is 0 Å². The molecule has 0 unspecified atom stereocenters. The second kappa shape index (κ2) is 5.33. The van der Waals surface area contributed by atoms with Gasteiger partial charge in [-0.2, -0.15) is 4.31 Å². The predicted molar refractivity (Wildman–Crippen MR) is 81.1 cm³/mol. The van der Waals surface area contributed by atoms with E-state index in [-0.39, 0.29) is 34.5 Å². The zero-order valence-electron chi connectivity index (χ0n) is 12.4. The van der Waals surface area contributed by atoms with Gasteiger partial charge in [0.05, 0.1) is 34.8 Å². The molecule has 1 aromatic heterocycles. The number of pyridine rings is 1. The van der Waals surface area contributed by atoms with Gasteiger partial charge in [-0.05, 0) is 18.2 Å². The monoisotopic (exact) mass is 348 g/mol. The molecule has 0 saturated carbocycles. The molecule has 0 amide bonds. The number of hydrogen-bond acceptors (Lipinski definition) is 7. The molecule has 0 bridgehead atoms. The van der Waals surface area contributed by atoms with Crippen molar-refractivity contribution < 1.29 is 27.5 Å². The van der Waals surface area contributed by atoms with Crippen molar-refractivity contribution in [1.82, 2.24) is 9.29 Å². The standard InChI is InChI=1S/C15H12N2O6S/c18-14-11-8-16-12-2-1-9(7-10(12)13(11)15(19)23-14)24(20,21)17-3-5-22-6-4-17/h1-2,7-8H,3-6H2. The lowest BCUT2D eigenvalue weighted by atomic mass is 10.1. The summed E-state index contributed by atoms with van der Waals surface area (Å²) in [6.45, 7) is 1.22. The van der Waals surface area contributed by atoms with Gasteiger partial charge in [0.25, 0.3) is 0 Å². The van der Waals surface area contributed by atoms with Crippen LogP contribution in [0.5, 0.6) is 0 Å². The van der Waals surface area contributed by atoms with Crippen LogP contribution in [-0.4, -0.2) is 55.9 Å². The molecule has 2 aromatic rings. The van der Waals surface area contributed by atoms with Gasteiger partial charge < -0.3 is 9.47 Å². The van der Waals surface area contributed by atoms with Gasteiger partial charge in [-0.15, -0.1) is 0 Å². The fraction of sp³-hybridized carbons (Fsp3) is 0.267. The third kappa shape index (κ3) is 2.20. The fourth-order valence-corrected chi connectivity index (χ4v) is 4.27. The molecule has 2 aliphatic rings. The number of benzene rings is 1. The normalized spacial score (nSPS) is 18.7. The number of sulfonamides is 1. The number of fused-ring (bicyclic) bond motifs is 3. The molecular weight excluding hydrogens is 336 g/mol. The number of esters is 2. The van der Waals surface area contributed by atoms with Gasteiger partial charge in [0, 0.05) is 24.7 Å². The number of carbonyl (C=O) groups is 2. The van der Waals surface area contributed by atoms with Gasteiger partial charge in [0.2, 0.25) is 10.0 Å². The van der Waals surface area contributed by atoms with Crippen LogP contribution in [0.4, 0.5) is 0 Å². The van der Waals surface area contributed by atoms with Crippen molar-refractivity contribution in [2.45, 2.75) is 4.90 Å². The summed E-state index contributed by atoms with van der Waals surface area (Å²) in [5, 5.41) is 0.290. The number of ether oxygens (including phenoxy) is 2. The summed E-state index contributed by atoms with van der Waals surface area (Å²) >= 11 is 0. The molecular formula is C15H12N2O6S. The number of nitrogens with zero attached hydrogens (tertiary/aromatic N) is 2. The summed E-state index contributed by atoms with van der Waals surface area (Å²) < 4.78 is 36.6. The first-order valence-corrected chi connectivity index (χ1v) is 8.69. The Morgan fingerprint density at radius 2 is 1.83 bits per heavy atom. The minimum absolute atomic E-state index is 0.0410. The molecule has 9 heteroatoms. The van der Waals surface area contributed by atoms with Crippen LogP contribution in [0.1, 0.15) is 20.7 Å². The molecule has 8 nitrogen and oxygen atoms in total. The van der Waals surface area contributed by atoms with Crippen LogP contribution >= 0.6 is 0 Å². The minimum atomic E-state index is -3.71. The van der Waals surface area contributed by atoms with E-state index < -0.39 is 22.0 Å². The maximum atomic E-state index is 12.7. The number of aromatic nitrogens is 1. The topological polar surface area (TPSA) is 103 Å². The van der Waals surface area contributed by atoms with Crippen molar-refractivity contribution in [1.29, 1.82) is 0 Å². The van der Waals surface area contributed by atoms with Crippen LogP contribution in [0.15, 0.2) is 29.3 Å². The third-order valence-corrected chi connectivity index (χ3v) is 5.95. The van der Waals surface area contributed by atoms with Crippen LogP contribution in [0.2, 0.25) is 0 Å². The van der Waals surface area contributed by atoms with E-state index in [1.165, 1.54) is 28.7 Å². The Bertz CT molecular complexity index is 979. The van der Waals surface area contributed by atoms with Crippen LogP contribution in [0.25, 0.3) is 10.9 Å². The Hall–Kier alpha value is -2.36. The third-order valence-electron chi connectivity index (χ3n) is 4.06. The minimum Gasteiger partial charge on any atom is -0.386 e. The molecule has 0 radical (unpaired) electrons. The van der Waals surface area contributed by atoms with Gasteiger partial charge in [-0.3, -0.25) is 4.98 Å². The van der Waals surface area contributed by atoms with Gasteiger partial charge in [0.15, 0.2) is 0 Å². The van der Waals surface area contributed by atoms with Crippen LogP contribution in [-0.2, 0) is 19.5 Å². The Morgan fingerprint density at radius 1 is 1.08 bits per heavy atom. The quantitative estimate of drug-likeness (QED) is 0.577. The molecule has 3 heterocycles. The van der Waals surface area contributed by atoms with Crippen LogP contribution < -0.4 is 0 Å². The highest BCUT2D eigenvalue weighted by molar-refractivity contribution is 7.89. The predicted octanol–water partition coefficient (Wildman–Crippen LogP) is 0.566.